The fraction of sp³-hybridized carbons (Fsp3) is 0.345. The number of ketones is 3. The largest absolute Gasteiger partial charge is 0.497 e. The van der Waals surface area contributed by atoms with E-state index in [1.165, 1.54) is 49.9 Å². The molecule has 39 heavy (non-hydrogen) atoms. The van der Waals surface area contributed by atoms with Gasteiger partial charge >= 0.3 is 5.97 Å². The van der Waals surface area contributed by atoms with E-state index in [1.807, 2.05) is 6.07 Å². The van der Waals surface area contributed by atoms with Crippen molar-refractivity contribution < 1.29 is 33.4 Å². The second-order valence-corrected chi connectivity index (χ2v) is 11.4. The van der Waals surface area contributed by atoms with Crippen LogP contribution in [0, 0.1) is 22.7 Å². The number of thioether (sulfide) groups is 2. The number of hydrogen-bond donors (Lipinski definition) is 0. The summed E-state index contributed by atoms with van der Waals surface area (Å²) in [4.78, 5) is 56.1. The van der Waals surface area contributed by atoms with Gasteiger partial charge in [0.15, 0.2) is 22.8 Å². The summed E-state index contributed by atoms with van der Waals surface area (Å²) in [5.41, 5.74) is -1.87. The predicted octanol–water partition coefficient (Wildman–Crippen LogP) is 4.59. The zero-order valence-electron chi connectivity index (χ0n) is 21.7. The van der Waals surface area contributed by atoms with E-state index in [9.17, 15) is 24.4 Å². The average molecular weight is 566 g/mol. The molecule has 0 N–H and O–H groups in total. The van der Waals surface area contributed by atoms with Crippen molar-refractivity contribution in [1.29, 1.82) is 5.26 Å². The Hall–Kier alpha value is -3.55. The van der Waals surface area contributed by atoms with E-state index < -0.39 is 40.6 Å². The molecule has 0 unspecified atom stereocenters. The molecule has 2 fully saturated rings. The van der Waals surface area contributed by atoms with Gasteiger partial charge in [-0.05, 0) is 48.9 Å². The molecule has 1 aliphatic carbocycles. The molecule has 1 saturated heterocycles. The summed E-state index contributed by atoms with van der Waals surface area (Å²) in [6.07, 6.45) is -0.323. The van der Waals surface area contributed by atoms with Gasteiger partial charge in [-0.3, -0.25) is 19.2 Å². The van der Waals surface area contributed by atoms with E-state index in [0.29, 0.717) is 32.8 Å². The van der Waals surface area contributed by atoms with Crippen molar-refractivity contribution in [2.45, 2.75) is 19.3 Å². The van der Waals surface area contributed by atoms with Crippen LogP contribution in [0.5, 0.6) is 11.5 Å². The molecule has 202 valence electrons. The molecule has 4 rings (SSSR count). The number of ether oxygens (including phenoxy) is 3. The van der Waals surface area contributed by atoms with Gasteiger partial charge in [0.2, 0.25) is 0 Å². The quantitative estimate of drug-likeness (QED) is 0.118. The summed E-state index contributed by atoms with van der Waals surface area (Å²) in [6, 6.07) is 14.7. The van der Waals surface area contributed by atoms with Crippen molar-refractivity contribution in [2.24, 2.45) is 11.3 Å². The van der Waals surface area contributed by atoms with E-state index in [4.69, 9.17) is 14.2 Å². The number of esters is 1. The Kier molecular flexibility index (Phi) is 8.83. The van der Waals surface area contributed by atoms with E-state index in [2.05, 4.69) is 0 Å². The third kappa shape index (κ3) is 5.21. The summed E-state index contributed by atoms with van der Waals surface area (Å²) < 4.78 is 16.3. The van der Waals surface area contributed by atoms with Crippen LogP contribution < -0.4 is 9.47 Å². The number of carbonyl (C=O) groups is 4. The third-order valence-electron chi connectivity index (χ3n) is 6.89. The average Bonchev–Trinajstić information content (AvgIpc) is 3.46. The summed E-state index contributed by atoms with van der Waals surface area (Å²) in [5, 5.41) is 10.8. The monoisotopic (exact) mass is 565 g/mol. The lowest BCUT2D eigenvalue weighted by Gasteiger charge is -2.35. The molecule has 0 bridgehead atoms. The number of hydrogen-bond acceptors (Lipinski definition) is 10. The molecule has 10 heteroatoms. The zero-order valence-corrected chi connectivity index (χ0v) is 23.4. The van der Waals surface area contributed by atoms with E-state index in [1.54, 1.807) is 43.3 Å². The normalized spacial score (nSPS) is 23.1. The molecule has 1 aliphatic heterocycles. The van der Waals surface area contributed by atoms with Gasteiger partial charge in [-0.25, -0.2) is 0 Å². The van der Waals surface area contributed by atoms with Crippen LogP contribution in [0.15, 0.2) is 58.3 Å². The fourth-order valence-electron chi connectivity index (χ4n) is 4.97. The van der Waals surface area contributed by atoms with Gasteiger partial charge in [-0.15, -0.1) is 23.5 Å². The van der Waals surface area contributed by atoms with E-state index in [0.717, 1.165) is 0 Å². The maximum Gasteiger partial charge on any atom is 0.328 e. The lowest BCUT2D eigenvalue weighted by atomic mass is 9.62. The molecule has 2 aliphatic rings. The summed E-state index contributed by atoms with van der Waals surface area (Å²) >= 11 is 2.73. The highest BCUT2D eigenvalue weighted by atomic mass is 32.2. The van der Waals surface area contributed by atoms with Crippen molar-refractivity contribution in [1.82, 2.24) is 0 Å². The first-order valence-corrected chi connectivity index (χ1v) is 14.3. The van der Waals surface area contributed by atoms with Crippen LogP contribution in [-0.2, 0) is 19.1 Å². The maximum atomic E-state index is 14.3. The first kappa shape index (κ1) is 28.5. The molecule has 2 aromatic carbocycles. The van der Waals surface area contributed by atoms with Crippen LogP contribution >= 0.6 is 23.5 Å². The van der Waals surface area contributed by atoms with Crippen molar-refractivity contribution >= 4 is 46.8 Å². The lowest BCUT2D eigenvalue weighted by molar-refractivity contribution is -0.157. The molecule has 0 spiro atoms. The van der Waals surface area contributed by atoms with Crippen LogP contribution in [0.25, 0.3) is 0 Å². The molecule has 8 nitrogen and oxygen atoms in total. The van der Waals surface area contributed by atoms with Gasteiger partial charge in [0, 0.05) is 29.4 Å². The molecular formula is C29H27NO7S2. The van der Waals surface area contributed by atoms with Gasteiger partial charge in [0.25, 0.3) is 0 Å². The second kappa shape index (κ2) is 12.1. The molecule has 3 atom stereocenters. The molecule has 0 amide bonds. The van der Waals surface area contributed by atoms with Crippen LogP contribution in [0.4, 0.5) is 0 Å². The molecular weight excluding hydrogens is 538 g/mol. The van der Waals surface area contributed by atoms with Crippen LogP contribution in [-0.4, -0.2) is 55.7 Å². The van der Waals surface area contributed by atoms with Crippen molar-refractivity contribution in [2.75, 3.05) is 32.3 Å². The number of allylic oxidation sites excluding steroid dienone is 1. The topological polar surface area (TPSA) is 120 Å². The minimum atomic E-state index is -2.30. The minimum Gasteiger partial charge on any atom is -0.497 e. The zero-order chi connectivity index (χ0) is 28.2. The number of nitrogens with zero attached hydrogens (tertiary/aromatic N) is 1. The van der Waals surface area contributed by atoms with Crippen molar-refractivity contribution in [3.05, 3.63) is 69.5 Å². The van der Waals surface area contributed by atoms with Gasteiger partial charge in [0.05, 0.1) is 36.7 Å². The first-order chi connectivity index (χ1) is 18.8. The van der Waals surface area contributed by atoms with Crippen LogP contribution in [0.1, 0.15) is 35.2 Å². The summed E-state index contributed by atoms with van der Waals surface area (Å²) in [5.74, 6) is -3.62. The highest BCUT2D eigenvalue weighted by Crippen LogP contribution is 2.52. The van der Waals surface area contributed by atoms with Crippen LogP contribution in [0.3, 0.4) is 0 Å². The van der Waals surface area contributed by atoms with Gasteiger partial charge < -0.3 is 14.2 Å². The number of carbonyl (C=O) groups excluding carboxylic acids is 4. The number of methoxy groups -OCH3 is 2. The number of Topliss-reactive ketones (excluding diaryl/α,β-unsaturated/α-hetero) is 3. The molecule has 2 aromatic rings. The molecule has 1 saturated carbocycles. The van der Waals surface area contributed by atoms with Gasteiger partial charge in [0.1, 0.15) is 17.4 Å². The number of nitriles is 1. The standard InChI is InChI=1S/C29H27NO7S2/c1-4-37-28(34)29(16-30)21(17-5-9-19(35-2)10-6-17)15-22(31)23(27-38-13-14-39-27)26(33)24(29)25(32)18-7-11-20(36-3)12-8-18/h5-12,21,24H,4,13-15H2,1-3H3/t21-,24+,29-/m1/s1. The Balaban J connectivity index is 2.01. The van der Waals surface area contributed by atoms with Gasteiger partial charge in [-0.1, -0.05) is 12.1 Å². The van der Waals surface area contributed by atoms with E-state index in [-0.39, 0.29) is 24.2 Å². The maximum absolute atomic E-state index is 14.3. The predicted molar refractivity (Wildman–Crippen MR) is 148 cm³/mol. The Morgan fingerprint density at radius 2 is 1.54 bits per heavy atom. The molecule has 0 radical (unpaired) electrons. The van der Waals surface area contributed by atoms with Crippen LogP contribution in [0.2, 0.25) is 0 Å². The Bertz CT molecular complexity index is 1350. The lowest BCUT2D eigenvalue weighted by Crippen LogP contribution is -2.49. The highest BCUT2D eigenvalue weighted by molar-refractivity contribution is 8.25. The smallest absolute Gasteiger partial charge is 0.328 e. The third-order valence-corrected chi connectivity index (χ3v) is 9.60. The van der Waals surface area contributed by atoms with Gasteiger partial charge in [-0.2, -0.15) is 5.26 Å². The Morgan fingerprint density at radius 1 is 0.974 bits per heavy atom. The fourth-order valence-corrected chi connectivity index (χ4v) is 7.56. The van der Waals surface area contributed by atoms with Crippen molar-refractivity contribution in [3.8, 4) is 17.6 Å². The molecule has 0 aromatic heterocycles. The molecule has 1 heterocycles. The minimum absolute atomic E-state index is 0.0805. The highest BCUT2D eigenvalue weighted by Gasteiger charge is 2.63. The Labute approximate surface area is 235 Å². The van der Waals surface area contributed by atoms with E-state index >= 15 is 0 Å². The summed E-state index contributed by atoms with van der Waals surface area (Å²) in [7, 11) is 2.98. The number of benzene rings is 2. The Morgan fingerprint density at radius 3 is 2.05 bits per heavy atom. The van der Waals surface area contributed by atoms with Crippen molar-refractivity contribution in [3.63, 3.8) is 0 Å². The SMILES string of the molecule is CCOC(=O)[C@@]1(C#N)[C@@H](C(=O)c2ccc(OC)cc2)C(=O)C(=C2SCCS2)C(=O)C[C@@H]1c1ccc(OC)cc1. The second-order valence-electron chi connectivity index (χ2n) is 8.90. The number of rotatable bonds is 7. The summed E-state index contributed by atoms with van der Waals surface area (Å²) in [6.45, 7) is 1.50. The first-order valence-electron chi connectivity index (χ1n) is 12.3.